The van der Waals surface area contributed by atoms with Gasteiger partial charge in [0.05, 0.1) is 7.11 Å². The van der Waals surface area contributed by atoms with E-state index in [1.807, 2.05) is 19.1 Å². The monoisotopic (exact) mass is 287 g/mol. The molecule has 1 unspecified atom stereocenters. The van der Waals surface area contributed by atoms with Crippen LogP contribution in [-0.2, 0) is 0 Å². The van der Waals surface area contributed by atoms with Crippen LogP contribution < -0.4 is 10.5 Å². The van der Waals surface area contributed by atoms with Crippen molar-refractivity contribution in [1.29, 1.82) is 0 Å². The van der Waals surface area contributed by atoms with Gasteiger partial charge in [-0.2, -0.15) is 0 Å². The summed E-state index contributed by atoms with van der Waals surface area (Å²) in [4.78, 5) is 2.42. The predicted molar refractivity (Wildman–Crippen MR) is 85.6 cm³/mol. The zero-order valence-electron chi connectivity index (χ0n) is 12.4. The Balaban J connectivity index is 2.45. The smallest absolute Gasteiger partial charge is 0.124 e. The van der Waals surface area contributed by atoms with Gasteiger partial charge in [-0.3, -0.25) is 0 Å². The van der Waals surface area contributed by atoms with Gasteiger partial charge >= 0.3 is 0 Å². The summed E-state index contributed by atoms with van der Waals surface area (Å²) in [6.07, 6.45) is 0. The maximum atomic E-state index is 6.12. The first-order chi connectivity index (χ1) is 9.52. The summed E-state index contributed by atoms with van der Waals surface area (Å²) in [6.45, 7) is 6.24. The van der Waals surface area contributed by atoms with Crippen molar-refractivity contribution in [3.63, 3.8) is 0 Å². The summed E-state index contributed by atoms with van der Waals surface area (Å²) in [5.74, 6) is 0.857. The molecule has 0 heterocycles. The van der Waals surface area contributed by atoms with Crippen molar-refractivity contribution in [1.82, 2.24) is 0 Å². The number of rotatable bonds is 4. The second kappa shape index (κ2) is 6.33. The molecule has 0 bridgehead atoms. The summed E-state index contributed by atoms with van der Waals surface area (Å²) in [6, 6.07) is 12.5. The van der Waals surface area contributed by atoms with E-state index in [0.29, 0.717) is 0 Å². The number of methoxy groups -OCH3 is 1. The Kier molecular flexibility index (Phi) is 4.73. The largest absolute Gasteiger partial charge is 0.496 e. The van der Waals surface area contributed by atoms with Gasteiger partial charge in [0, 0.05) is 21.4 Å². The lowest BCUT2D eigenvalue weighted by Crippen LogP contribution is -2.08. The van der Waals surface area contributed by atoms with E-state index in [9.17, 15) is 0 Å². The lowest BCUT2D eigenvalue weighted by Gasteiger charge is -2.17. The van der Waals surface area contributed by atoms with Crippen LogP contribution in [0.3, 0.4) is 0 Å². The third kappa shape index (κ3) is 3.17. The van der Waals surface area contributed by atoms with Gasteiger partial charge in [0.2, 0.25) is 0 Å². The van der Waals surface area contributed by atoms with Gasteiger partial charge in [0.1, 0.15) is 5.75 Å². The molecule has 0 aliphatic carbocycles. The fraction of sp³-hybridized carbons (Fsp3) is 0.294. The van der Waals surface area contributed by atoms with Gasteiger partial charge in [-0.15, -0.1) is 0 Å². The van der Waals surface area contributed by atoms with Crippen molar-refractivity contribution in [3.05, 3.63) is 53.1 Å². The first-order valence-corrected chi connectivity index (χ1v) is 7.52. The molecule has 3 heteroatoms. The van der Waals surface area contributed by atoms with Crippen LogP contribution in [0.5, 0.6) is 5.75 Å². The minimum atomic E-state index is -0.0567. The Morgan fingerprint density at radius 2 is 1.85 bits per heavy atom. The topological polar surface area (TPSA) is 35.2 Å². The minimum absolute atomic E-state index is 0.0567. The molecule has 106 valence electrons. The van der Waals surface area contributed by atoms with Crippen molar-refractivity contribution in [3.8, 4) is 5.75 Å². The van der Waals surface area contributed by atoms with Crippen molar-refractivity contribution < 1.29 is 4.74 Å². The second-order valence-corrected chi connectivity index (χ2v) is 6.12. The van der Waals surface area contributed by atoms with Crippen LogP contribution in [0.4, 0.5) is 0 Å². The average Bonchev–Trinajstić information content (AvgIpc) is 2.42. The lowest BCUT2D eigenvalue weighted by molar-refractivity contribution is 0.405. The van der Waals surface area contributed by atoms with Gasteiger partial charge in [-0.05, 0) is 50.1 Å². The highest BCUT2D eigenvalue weighted by molar-refractivity contribution is 7.99. The highest BCUT2D eigenvalue weighted by Crippen LogP contribution is 2.38. The van der Waals surface area contributed by atoms with Crippen LogP contribution >= 0.6 is 11.8 Å². The fourth-order valence-corrected chi connectivity index (χ4v) is 3.43. The van der Waals surface area contributed by atoms with Crippen molar-refractivity contribution in [2.45, 2.75) is 36.6 Å². The van der Waals surface area contributed by atoms with Crippen LogP contribution in [0.1, 0.15) is 29.7 Å². The van der Waals surface area contributed by atoms with Gasteiger partial charge in [-0.1, -0.05) is 30.0 Å². The standard InChI is InChI=1S/C17H21NOS/c1-11-8-9-12(2)16(10-11)20-15-7-5-6-14(19-4)17(15)13(3)18/h5-10,13H,18H2,1-4H3. The van der Waals surface area contributed by atoms with Crippen molar-refractivity contribution in [2.24, 2.45) is 5.73 Å². The zero-order chi connectivity index (χ0) is 14.7. The molecular weight excluding hydrogens is 266 g/mol. The molecule has 0 aromatic heterocycles. The SMILES string of the molecule is COc1cccc(Sc2cc(C)ccc2C)c1C(C)N. The van der Waals surface area contributed by atoms with Crippen LogP contribution in [-0.4, -0.2) is 7.11 Å². The van der Waals surface area contributed by atoms with Crippen molar-refractivity contribution >= 4 is 11.8 Å². The molecule has 2 aromatic rings. The Morgan fingerprint density at radius 1 is 1.10 bits per heavy atom. The number of hydrogen-bond donors (Lipinski definition) is 1. The highest BCUT2D eigenvalue weighted by atomic mass is 32.2. The number of nitrogens with two attached hydrogens (primary N) is 1. The van der Waals surface area contributed by atoms with E-state index in [1.54, 1.807) is 18.9 Å². The third-order valence-electron chi connectivity index (χ3n) is 3.26. The minimum Gasteiger partial charge on any atom is -0.496 e. The number of hydrogen-bond acceptors (Lipinski definition) is 3. The van der Waals surface area contributed by atoms with Crippen LogP contribution in [0.2, 0.25) is 0 Å². The Bertz CT molecular complexity index is 608. The molecular formula is C17H21NOS. The maximum absolute atomic E-state index is 6.12. The Labute approximate surface area is 125 Å². The molecule has 0 aliphatic heterocycles. The molecule has 0 amide bonds. The van der Waals surface area contributed by atoms with Gasteiger partial charge < -0.3 is 10.5 Å². The molecule has 2 aromatic carbocycles. The first-order valence-electron chi connectivity index (χ1n) is 6.70. The molecule has 0 aliphatic rings. The molecule has 0 radical (unpaired) electrons. The molecule has 0 saturated heterocycles. The molecule has 2 rings (SSSR count). The molecule has 20 heavy (non-hydrogen) atoms. The maximum Gasteiger partial charge on any atom is 0.124 e. The summed E-state index contributed by atoms with van der Waals surface area (Å²) in [5.41, 5.74) is 9.73. The van der Waals surface area contributed by atoms with E-state index < -0.39 is 0 Å². The summed E-state index contributed by atoms with van der Waals surface area (Å²) in [5, 5.41) is 0. The highest BCUT2D eigenvalue weighted by Gasteiger charge is 2.14. The Morgan fingerprint density at radius 3 is 2.50 bits per heavy atom. The molecule has 0 saturated carbocycles. The normalized spacial score (nSPS) is 12.2. The van der Waals surface area contributed by atoms with E-state index in [1.165, 1.54) is 16.0 Å². The van der Waals surface area contributed by atoms with E-state index in [4.69, 9.17) is 10.5 Å². The summed E-state index contributed by atoms with van der Waals surface area (Å²) in [7, 11) is 1.69. The number of ether oxygens (including phenoxy) is 1. The molecule has 0 spiro atoms. The van der Waals surface area contributed by atoms with Gasteiger partial charge in [0.15, 0.2) is 0 Å². The van der Waals surface area contributed by atoms with E-state index >= 15 is 0 Å². The Hall–Kier alpha value is -1.45. The third-order valence-corrected chi connectivity index (χ3v) is 4.50. The quantitative estimate of drug-likeness (QED) is 0.900. The average molecular weight is 287 g/mol. The van der Waals surface area contributed by atoms with E-state index in [-0.39, 0.29) is 6.04 Å². The van der Waals surface area contributed by atoms with Crippen LogP contribution in [0.25, 0.3) is 0 Å². The lowest BCUT2D eigenvalue weighted by atomic mass is 10.1. The van der Waals surface area contributed by atoms with E-state index in [2.05, 4.69) is 38.1 Å². The van der Waals surface area contributed by atoms with Crippen LogP contribution in [0.15, 0.2) is 46.2 Å². The molecule has 2 N–H and O–H groups in total. The van der Waals surface area contributed by atoms with E-state index in [0.717, 1.165) is 16.2 Å². The van der Waals surface area contributed by atoms with Gasteiger partial charge in [-0.25, -0.2) is 0 Å². The van der Waals surface area contributed by atoms with Crippen molar-refractivity contribution in [2.75, 3.05) is 7.11 Å². The van der Waals surface area contributed by atoms with Crippen LogP contribution in [0, 0.1) is 13.8 Å². The second-order valence-electron chi connectivity index (χ2n) is 5.03. The number of aryl methyl sites for hydroxylation is 2. The summed E-state index contributed by atoms with van der Waals surface area (Å²) >= 11 is 1.75. The molecule has 1 atom stereocenters. The molecule has 0 fully saturated rings. The fourth-order valence-electron chi connectivity index (χ4n) is 2.18. The first kappa shape index (κ1) is 14.9. The number of benzene rings is 2. The summed E-state index contributed by atoms with van der Waals surface area (Å²) < 4.78 is 5.45. The van der Waals surface area contributed by atoms with Gasteiger partial charge in [0.25, 0.3) is 0 Å². The molecule has 2 nitrogen and oxygen atoms in total. The predicted octanol–water partition coefficient (Wildman–Crippen LogP) is 4.48. The zero-order valence-corrected chi connectivity index (χ0v) is 13.3.